The van der Waals surface area contributed by atoms with Crippen LogP contribution in [-0.2, 0) is 12.6 Å². The van der Waals surface area contributed by atoms with Crippen molar-refractivity contribution < 1.29 is 17.6 Å². The molecular weight excluding hydrogens is 397 g/mol. The molecule has 2 rings (SSSR count). The van der Waals surface area contributed by atoms with E-state index in [9.17, 15) is 17.6 Å². The van der Waals surface area contributed by atoms with Crippen molar-refractivity contribution in [3.8, 4) is 0 Å². The summed E-state index contributed by atoms with van der Waals surface area (Å²) in [4.78, 5) is 0. The van der Waals surface area contributed by atoms with Crippen molar-refractivity contribution in [2.75, 3.05) is 0 Å². The van der Waals surface area contributed by atoms with E-state index in [1.165, 1.54) is 18.2 Å². The molecular formula is C15H12F4IN. The number of hydrogen-bond donors (Lipinski definition) is 1. The average Bonchev–Trinajstić information content (AvgIpc) is 2.37. The third-order valence-corrected chi connectivity index (χ3v) is 4.01. The van der Waals surface area contributed by atoms with Crippen LogP contribution in [0.4, 0.5) is 17.6 Å². The second-order valence-electron chi connectivity index (χ2n) is 4.67. The fourth-order valence-corrected chi connectivity index (χ4v) is 2.92. The minimum Gasteiger partial charge on any atom is -0.324 e. The fourth-order valence-electron chi connectivity index (χ4n) is 2.04. The van der Waals surface area contributed by atoms with Gasteiger partial charge in [0.2, 0.25) is 0 Å². The standard InChI is InChI=1S/C15H12F4IN/c16-11-4-5-12(13(20)8-11)14(21)7-9-2-1-3-10(6-9)15(17,18)19/h1-6,8,14H,7,21H2. The van der Waals surface area contributed by atoms with Crippen LogP contribution in [-0.4, -0.2) is 0 Å². The maximum Gasteiger partial charge on any atom is 0.416 e. The van der Waals surface area contributed by atoms with Gasteiger partial charge in [-0.1, -0.05) is 24.3 Å². The molecule has 0 aromatic heterocycles. The smallest absolute Gasteiger partial charge is 0.324 e. The van der Waals surface area contributed by atoms with Crippen molar-refractivity contribution in [3.05, 3.63) is 68.5 Å². The molecule has 1 atom stereocenters. The molecule has 2 aromatic carbocycles. The highest BCUT2D eigenvalue weighted by Crippen LogP contribution is 2.30. The van der Waals surface area contributed by atoms with Gasteiger partial charge in [-0.2, -0.15) is 13.2 Å². The van der Waals surface area contributed by atoms with E-state index in [1.54, 1.807) is 12.1 Å². The Morgan fingerprint density at radius 3 is 2.43 bits per heavy atom. The normalized spacial score (nSPS) is 13.2. The minimum absolute atomic E-state index is 0.256. The molecule has 21 heavy (non-hydrogen) atoms. The lowest BCUT2D eigenvalue weighted by molar-refractivity contribution is -0.137. The van der Waals surface area contributed by atoms with Gasteiger partial charge in [0.15, 0.2) is 0 Å². The molecule has 0 radical (unpaired) electrons. The van der Waals surface area contributed by atoms with Crippen LogP contribution in [0.5, 0.6) is 0 Å². The van der Waals surface area contributed by atoms with E-state index >= 15 is 0 Å². The number of rotatable bonds is 3. The molecule has 0 aliphatic heterocycles. The topological polar surface area (TPSA) is 26.0 Å². The molecule has 0 aliphatic rings. The Labute approximate surface area is 133 Å². The van der Waals surface area contributed by atoms with E-state index < -0.39 is 17.8 Å². The highest BCUT2D eigenvalue weighted by molar-refractivity contribution is 14.1. The van der Waals surface area contributed by atoms with E-state index in [-0.39, 0.29) is 12.2 Å². The van der Waals surface area contributed by atoms with Crippen LogP contribution in [0, 0.1) is 9.39 Å². The van der Waals surface area contributed by atoms with Crippen LogP contribution in [0.1, 0.15) is 22.7 Å². The molecule has 1 unspecified atom stereocenters. The first-order chi connectivity index (χ1) is 9.77. The lowest BCUT2D eigenvalue weighted by Gasteiger charge is -2.15. The SMILES string of the molecule is NC(Cc1cccc(C(F)(F)F)c1)c1ccc(F)cc1I. The third-order valence-electron chi connectivity index (χ3n) is 3.07. The van der Waals surface area contributed by atoms with Crippen molar-refractivity contribution in [3.63, 3.8) is 0 Å². The largest absolute Gasteiger partial charge is 0.416 e. The van der Waals surface area contributed by atoms with Gasteiger partial charge in [0, 0.05) is 9.61 Å². The molecule has 0 saturated heterocycles. The summed E-state index contributed by atoms with van der Waals surface area (Å²) in [7, 11) is 0. The second kappa shape index (κ2) is 6.31. The van der Waals surface area contributed by atoms with E-state index in [1.807, 2.05) is 22.6 Å². The Morgan fingerprint density at radius 2 is 1.81 bits per heavy atom. The van der Waals surface area contributed by atoms with Gasteiger partial charge < -0.3 is 5.73 Å². The number of halogens is 5. The molecule has 2 aromatic rings. The molecule has 112 valence electrons. The quantitative estimate of drug-likeness (QED) is 0.578. The van der Waals surface area contributed by atoms with Gasteiger partial charge in [-0.25, -0.2) is 4.39 Å². The lowest BCUT2D eigenvalue weighted by Crippen LogP contribution is -2.15. The molecule has 0 heterocycles. The van der Waals surface area contributed by atoms with Crippen LogP contribution >= 0.6 is 22.6 Å². The average molecular weight is 409 g/mol. The van der Waals surface area contributed by atoms with Crippen molar-refractivity contribution in [1.82, 2.24) is 0 Å². The van der Waals surface area contributed by atoms with Gasteiger partial charge >= 0.3 is 6.18 Å². The molecule has 6 heteroatoms. The Kier molecular flexibility index (Phi) is 4.88. The van der Waals surface area contributed by atoms with Gasteiger partial charge in [-0.15, -0.1) is 0 Å². The summed E-state index contributed by atoms with van der Waals surface area (Å²) < 4.78 is 51.7. The first kappa shape index (κ1) is 16.2. The van der Waals surface area contributed by atoms with Gasteiger partial charge in [-0.05, 0) is 58.3 Å². The lowest BCUT2D eigenvalue weighted by atomic mass is 9.98. The van der Waals surface area contributed by atoms with E-state index in [0.717, 1.165) is 17.7 Å². The second-order valence-corrected chi connectivity index (χ2v) is 5.84. The van der Waals surface area contributed by atoms with Gasteiger partial charge in [0.1, 0.15) is 5.82 Å². The predicted molar refractivity (Wildman–Crippen MR) is 81.2 cm³/mol. The zero-order valence-electron chi connectivity index (χ0n) is 10.8. The van der Waals surface area contributed by atoms with Gasteiger partial charge in [-0.3, -0.25) is 0 Å². The fraction of sp³-hybridized carbons (Fsp3) is 0.200. The van der Waals surface area contributed by atoms with E-state index in [4.69, 9.17) is 5.73 Å². The first-order valence-corrected chi connectivity index (χ1v) is 7.22. The molecule has 0 aliphatic carbocycles. The summed E-state index contributed by atoms with van der Waals surface area (Å²) in [6.45, 7) is 0. The van der Waals surface area contributed by atoms with Crippen LogP contribution < -0.4 is 5.73 Å². The van der Waals surface area contributed by atoms with E-state index in [0.29, 0.717) is 9.13 Å². The van der Waals surface area contributed by atoms with Crippen LogP contribution in [0.3, 0.4) is 0 Å². The van der Waals surface area contributed by atoms with Gasteiger partial charge in [0.25, 0.3) is 0 Å². The predicted octanol–water partition coefficient (Wildman–Crippen LogP) is 4.69. The maximum atomic E-state index is 13.1. The number of nitrogens with two attached hydrogens (primary N) is 1. The summed E-state index contributed by atoms with van der Waals surface area (Å²) >= 11 is 1.96. The Balaban J connectivity index is 2.21. The first-order valence-electron chi connectivity index (χ1n) is 6.14. The van der Waals surface area contributed by atoms with Crippen molar-refractivity contribution in [1.29, 1.82) is 0 Å². The molecule has 0 spiro atoms. The molecule has 0 saturated carbocycles. The monoisotopic (exact) mass is 409 g/mol. The zero-order valence-corrected chi connectivity index (χ0v) is 13.0. The number of hydrogen-bond acceptors (Lipinski definition) is 1. The highest BCUT2D eigenvalue weighted by atomic mass is 127. The highest BCUT2D eigenvalue weighted by Gasteiger charge is 2.30. The zero-order chi connectivity index (χ0) is 15.6. The van der Waals surface area contributed by atoms with Crippen LogP contribution in [0.15, 0.2) is 42.5 Å². The van der Waals surface area contributed by atoms with Gasteiger partial charge in [0.05, 0.1) is 5.56 Å². The van der Waals surface area contributed by atoms with Crippen LogP contribution in [0.25, 0.3) is 0 Å². The van der Waals surface area contributed by atoms with Crippen molar-refractivity contribution in [2.24, 2.45) is 5.73 Å². The molecule has 0 bridgehead atoms. The Bertz CT molecular complexity index is 640. The third kappa shape index (κ3) is 4.16. The molecule has 0 fully saturated rings. The van der Waals surface area contributed by atoms with E-state index in [2.05, 4.69) is 0 Å². The summed E-state index contributed by atoms with van der Waals surface area (Å²) in [6.07, 6.45) is -4.12. The summed E-state index contributed by atoms with van der Waals surface area (Å²) in [5.41, 5.74) is 6.55. The van der Waals surface area contributed by atoms with Crippen molar-refractivity contribution >= 4 is 22.6 Å². The number of alkyl halides is 3. The summed E-state index contributed by atoms with van der Waals surface area (Å²) in [5, 5.41) is 0. The maximum absolute atomic E-state index is 13.1. The molecule has 2 N–H and O–H groups in total. The number of benzene rings is 2. The summed E-state index contributed by atoms with van der Waals surface area (Å²) in [5.74, 6) is -0.366. The summed E-state index contributed by atoms with van der Waals surface area (Å²) in [6, 6.07) is 8.81. The Morgan fingerprint density at radius 1 is 1.10 bits per heavy atom. The molecule has 1 nitrogen and oxygen atoms in total. The van der Waals surface area contributed by atoms with Crippen LogP contribution in [0.2, 0.25) is 0 Å². The van der Waals surface area contributed by atoms with Crippen molar-refractivity contribution in [2.45, 2.75) is 18.6 Å². The minimum atomic E-state index is -4.37. The Hall–Kier alpha value is -1.15. The molecule has 0 amide bonds.